The van der Waals surface area contributed by atoms with Crippen LogP contribution in [-0.4, -0.2) is 64.8 Å². The summed E-state index contributed by atoms with van der Waals surface area (Å²) in [5, 5.41) is 36.6. The fraction of sp³-hybridized carbons (Fsp3) is 1.00. The van der Waals surface area contributed by atoms with Gasteiger partial charge in [0.25, 0.3) is 0 Å². The summed E-state index contributed by atoms with van der Waals surface area (Å²) in [5.74, 6) is 0. The Balaban J connectivity index is 0.00000169. The molecule has 1 saturated heterocycles. The summed E-state index contributed by atoms with van der Waals surface area (Å²) < 4.78 is 9.65. The van der Waals surface area contributed by atoms with Gasteiger partial charge in [-0.25, -0.2) is 0 Å². The Labute approximate surface area is 82.7 Å². The van der Waals surface area contributed by atoms with Gasteiger partial charge < -0.3 is 29.9 Å². The zero-order valence-electron chi connectivity index (χ0n) is 7.20. The van der Waals surface area contributed by atoms with Crippen molar-refractivity contribution in [1.29, 1.82) is 0 Å². The number of hydrogen-bond acceptors (Lipinski definition) is 6. The zero-order valence-corrected chi connectivity index (χ0v) is 7.20. The van der Waals surface area contributed by atoms with E-state index in [1.54, 1.807) is 0 Å². The Hall–Kier alpha value is -0.240. The van der Waals surface area contributed by atoms with Gasteiger partial charge in [-0.3, -0.25) is 0 Å². The largest absolute Gasteiger partial charge is 0.394 e. The van der Waals surface area contributed by atoms with Crippen LogP contribution in [-0.2, 0) is 9.47 Å². The van der Waals surface area contributed by atoms with Crippen LogP contribution in [0.4, 0.5) is 0 Å². The molecule has 1 unspecified atom stereocenters. The quantitative estimate of drug-likeness (QED) is 0.423. The van der Waals surface area contributed by atoms with Crippen LogP contribution in [0.15, 0.2) is 0 Å². The molecule has 5 atom stereocenters. The minimum atomic E-state index is -1.36. The second kappa shape index (κ2) is 5.59. The van der Waals surface area contributed by atoms with Gasteiger partial charge in [-0.2, -0.15) is 0 Å². The summed E-state index contributed by atoms with van der Waals surface area (Å²) in [6.07, 6.45) is -5.91. The maximum atomic E-state index is 9.28. The molecule has 1 aliphatic rings. The summed E-state index contributed by atoms with van der Waals surface area (Å²) in [6, 6.07) is 0. The van der Waals surface area contributed by atoms with E-state index in [4.69, 9.17) is 14.6 Å². The van der Waals surface area contributed by atoms with Crippen LogP contribution in [0.1, 0.15) is 7.43 Å². The molecule has 1 aliphatic heterocycles. The molecule has 6 nitrogen and oxygen atoms in total. The van der Waals surface area contributed by atoms with Gasteiger partial charge in [0.2, 0.25) is 0 Å². The second-order valence-electron chi connectivity index (χ2n) is 2.93. The van der Waals surface area contributed by atoms with Crippen LogP contribution in [0.5, 0.6) is 0 Å². The van der Waals surface area contributed by atoms with Crippen LogP contribution in [0.25, 0.3) is 0 Å². The highest BCUT2D eigenvalue weighted by Gasteiger charge is 2.43. The Kier molecular flexibility index (Phi) is 5.50. The lowest BCUT2D eigenvalue weighted by atomic mass is 9.99. The lowest BCUT2D eigenvalue weighted by Gasteiger charge is -2.38. The van der Waals surface area contributed by atoms with Crippen LogP contribution >= 0.6 is 0 Å². The molecule has 4 N–H and O–H groups in total. The fourth-order valence-electron chi connectivity index (χ4n) is 1.26. The van der Waals surface area contributed by atoms with Gasteiger partial charge in [0, 0.05) is 7.11 Å². The minimum absolute atomic E-state index is 0. The fourth-order valence-corrected chi connectivity index (χ4v) is 1.26. The summed E-state index contributed by atoms with van der Waals surface area (Å²) >= 11 is 0. The van der Waals surface area contributed by atoms with Crippen molar-refractivity contribution in [3.63, 3.8) is 0 Å². The number of hydrogen-bond donors (Lipinski definition) is 4. The number of ether oxygens (including phenoxy) is 2. The van der Waals surface area contributed by atoms with Crippen molar-refractivity contribution in [1.82, 2.24) is 0 Å². The van der Waals surface area contributed by atoms with Gasteiger partial charge in [0.1, 0.15) is 24.4 Å². The summed E-state index contributed by atoms with van der Waals surface area (Å²) in [4.78, 5) is 0. The Morgan fingerprint density at radius 3 is 2.14 bits per heavy atom. The maximum absolute atomic E-state index is 9.28. The molecule has 86 valence electrons. The molecule has 0 aromatic rings. The number of aliphatic hydroxyl groups excluding tert-OH is 4. The highest BCUT2D eigenvalue weighted by atomic mass is 16.7. The molecular formula is C8H18O6. The van der Waals surface area contributed by atoms with E-state index in [0.29, 0.717) is 0 Å². The molecule has 0 spiro atoms. The molecule has 14 heavy (non-hydrogen) atoms. The Morgan fingerprint density at radius 2 is 1.71 bits per heavy atom. The van der Waals surface area contributed by atoms with E-state index in [1.165, 1.54) is 7.11 Å². The molecule has 0 bridgehead atoms. The van der Waals surface area contributed by atoms with Crippen LogP contribution in [0, 0.1) is 0 Å². The molecule has 0 aliphatic carbocycles. The normalized spacial score (nSPS) is 43.1. The molecule has 0 saturated carbocycles. The lowest BCUT2D eigenvalue weighted by Crippen LogP contribution is -2.58. The number of aliphatic hydroxyl groups is 4. The lowest BCUT2D eigenvalue weighted by molar-refractivity contribution is -0.294. The van der Waals surface area contributed by atoms with Crippen molar-refractivity contribution in [2.45, 2.75) is 38.1 Å². The molecule has 1 rings (SSSR count). The Morgan fingerprint density at radius 1 is 1.14 bits per heavy atom. The van der Waals surface area contributed by atoms with Crippen molar-refractivity contribution >= 4 is 0 Å². The third-order valence-corrected chi connectivity index (χ3v) is 2.08. The molecule has 0 aromatic carbocycles. The van der Waals surface area contributed by atoms with Crippen molar-refractivity contribution in [3.05, 3.63) is 0 Å². The van der Waals surface area contributed by atoms with E-state index in [-0.39, 0.29) is 7.43 Å². The van der Waals surface area contributed by atoms with E-state index < -0.39 is 37.3 Å². The van der Waals surface area contributed by atoms with Gasteiger partial charge >= 0.3 is 0 Å². The van der Waals surface area contributed by atoms with Crippen molar-refractivity contribution in [3.8, 4) is 0 Å². The van der Waals surface area contributed by atoms with Crippen molar-refractivity contribution in [2.24, 2.45) is 0 Å². The van der Waals surface area contributed by atoms with E-state index in [0.717, 1.165) is 0 Å². The van der Waals surface area contributed by atoms with Crippen LogP contribution < -0.4 is 0 Å². The van der Waals surface area contributed by atoms with Crippen molar-refractivity contribution in [2.75, 3.05) is 13.7 Å². The first-order valence-corrected chi connectivity index (χ1v) is 3.95. The SMILES string of the molecule is C.COC1O[C@H](CO)[C@@H](O)[C@H](O)[C@H]1O. The van der Waals surface area contributed by atoms with Crippen molar-refractivity contribution < 1.29 is 29.9 Å². The predicted molar refractivity (Wildman–Crippen MR) is 47.5 cm³/mol. The first-order chi connectivity index (χ1) is 6.11. The van der Waals surface area contributed by atoms with Gasteiger partial charge in [-0.1, -0.05) is 7.43 Å². The Bertz CT molecular complexity index is 144. The molecule has 6 heteroatoms. The minimum Gasteiger partial charge on any atom is -0.394 e. The summed E-state index contributed by atoms with van der Waals surface area (Å²) in [6.45, 7) is -0.440. The summed E-state index contributed by atoms with van der Waals surface area (Å²) in [5.41, 5.74) is 0. The predicted octanol–water partition coefficient (Wildman–Crippen LogP) is -1.93. The average Bonchev–Trinajstić information content (AvgIpc) is 2.15. The second-order valence-corrected chi connectivity index (χ2v) is 2.93. The summed E-state index contributed by atoms with van der Waals surface area (Å²) in [7, 11) is 1.30. The topological polar surface area (TPSA) is 99.4 Å². The van der Waals surface area contributed by atoms with Gasteiger partial charge in [0.15, 0.2) is 6.29 Å². The standard InChI is InChI=1S/C7H14O6.CH4/c1-12-7-6(11)5(10)4(9)3(2-8)13-7;/h3-11H,2H2,1H3;1H4/t3-,4-,5+,6-,7?;/m1./s1. The third kappa shape index (κ3) is 2.41. The molecule has 1 fully saturated rings. The maximum Gasteiger partial charge on any atom is 0.186 e. The van der Waals surface area contributed by atoms with Crippen LogP contribution in [0.2, 0.25) is 0 Å². The molecule has 0 aromatic heterocycles. The highest BCUT2D eigenvalue weighted by molar-refractivity contribution is 4.88. The monoisotopic (exact) mass is 210 g/mol. The third-order valence-electron chi connectivity index (χ3n) is 2.08. The van der Waals surface area contributed by atoms with Crippen LogP contribution in [0.3, 0.4) is 0 Å². The number of methoxy groups -OCH3 is 1. The average molecular weight is 210 g/mol. The van der Waals surface area contributed by atoms with Gasteiger partial charge in [0.05, 0.1) is 6.61 Å². The van der Waals surface area contributed by atoms with Gasteiger partial charge in [-0.15, -0.1) is 0 Å². The van der Waals surface area contributed by atoms with Gasteiger partial charge in [-0.05, 0) is 0 Å². The van der Waals surface area contributed by atoms with E-state index in [1.807, 2.05) is 0 Å². The first kappa shape index (κ1) is 13.8. The van der Waals surface area contributed by atoms with E-state index >= 15 is 0 Å². The molecular weight excluding hydrogens is 192 g/mol. The zero-order chi connectivity index (χ0) is 10.0. The smallest absolute Gasteiger partial charge is 0.186 e. The van der Waals surface area contributed by atoms with E-state index in [9.17, 15) is 15.3 Å². The molecule has 1 heterocycles. The number of rotatable bonds is 2. The first-order valence-electron chi connectivity index (χ1n) is 3.95. The molecule has 0 amide bonds. The van der Waals surface area contributed by atoms with E-state index in [2.05, 4.69) is 0 Å². The highest BCUT2D eigenvalue weighted by Crippen LogP contribution is 2.20. The molecule has 0 radical (unpaired) electrons.